The number of rotatable bonds is 5. The maximum absolute atomic E-state index is 11.5. The number of amides is 2. The molecule has 0 aromatic carbocycles. The number of pyridine rings is 1. The maximum atomic E-state index is 11.5. The Kier molecular flexibility index (Phi) is 5.06. The molecule has 0 aliphatic heterocycles. The summed E-state index contributed by atoms with van der Waals surface area (Å²) in [6.45, 7) is 3.86. The summed E-state index contributed by atoms with van der Waals surface area (Å²) in [4.78, 5) is 26.2. The van der Waals surface area contributed by atoms with Gasteiger partial charge in [0.2, 0.25) is 0 Å². The van der Waals surface area contributed by atoms with Gasteiger partial charge in [-0.1, -0.05) is 6.07 Å². The average molecular weight is 236 g/mol. The quantitative estimate of drug-likeness (QED) is 0.624. The number of nitrogens with one attached hydrogen (secondary N) is 1. The minimum atomic E-state index is -0.481. The second-order valence-corrected chi connectivity index (χ2v) is 3.88. The van der Waals surface area contributed by atoms with Gasteiger partial charge in [0.1, 0.15) is 0 Å². The van der Waals surface area contributed by atoms with Crippen LogP contribution >= 0.6 is 0 Å². The lowest BCUT2D eigenvalue weighted by molar-refractivity contribution is 0.197. The molecule has 0 saturated heterocycles. The average Bonchev–Trinajstić information content (AvgIpc) is 2.30. The third-order valence-electron chi connectivity index (χ3n) is 2.05. The van der Waals surface area contributed by atoms with Gasteiger partial charge in [-0.3, -0.25) is 4.98 Å². The van der Waals surface area contributed by atoms with E-state index in [1.165, 1.54) is 0 Å². The van der Waals surface area contributed by atoms with E-state index in [0.29, 0.717) is 6.42 Å². The zero-order chi connectivity index (χ0) is 12.7. The minimum Gasteiger partial charge on any atom is -0.334 e. The highest BCUT2D eigenvalue weighted by atomic mass is 16.3. The zero-order valence-electron chi connectivity index (χ0n) is 9.96. The first kappa shape index (κ1) is 13.1. The molecule has 0 fully saturated rings. The van der Waals surface area contributed by atoms with Gasteiger partial charge >= 0.3 is 6.03 Å². The van der Waals surface area contributed by atoms with Gasteiger partial charge in [0, 0.05) is 24.4 Å². The van der Waals surface area contributed by atoms with Gasteiger partial charge in [-0.15, -0.1) is 4.91 Å². The third kappa shape index (κ3) is 4.58. The summed E-state index contributed by atoms with van der Waals surface area (Å²) >= 11 is 0. The Bertz CT molecular complexity index is 367. The molecular weight excluding hydrogens is 220 g/mol. The van der Waals surface area contributed by atoms with Gasteiger partial charge in [0.25, 0.3) is 0 Å². The normalized spacial score (nSPS) is 10.1. The lowest BCUT2D eigenvalue weighted by atomic mass is 10.3. The minimum absolute atomic E-state index is 0.0263. The lowest BCUT2D eigenvalue weighted by Crippen LogP contribution is -2.40. The van der Waals surface area contributed by atoms with Crippen LogP contribution in [-0.4, -0.2) is 28.6 Å². The van der Waals surface area contributed by atoms with Gasteiger partial charge in [0.05, 0.1) is 11.8 Å². The number of urea groups is 1. The van der Waals surface area contributed by atoms with E-state index < -0.39 is 6.03 Å². The number of aromatic nitrogens is 1. The predicted octanol–water partition coefficient (Wildman–Crippen LogP) is 1.73. The monoisotopic (exact) mass is 236 g/mol. The molecule has 0 unspecified atom stereocenters. The molecule has 6 heteroatoms. The van der Waals surface area contributed by atoms with Gasteiger partial charge in [-0.05, 0) is 26.0 Å². The van der Waals surface area contributed by atoms with E-state index >= 15 is 0 Å². The zero-order valence-corrected chi connectivity index (χ0v) is 9.96. The van der Waals surface area contributed by atoms with Crippen molar-refractivity contribution in [3.63, 3.8) is 0 Å². The second kappa shape index (κ2) is 6.57. The number of carbonyl (C=O) groups excluding carboxylic acids is 1. The summed E-state index contributed by atoms with van der Waals surface area (Å²) in [5.41, 5.74) is 0.818. The van der Waals surface area contributed by atoms with E-state index in [-0.39, 0.29) is 12.6 Å². The summed E-state index contributed by atoms with van der Waals surface area (Å²) < 4.78 is 0. The molecule has 92 valence electrons. The molecule has 1 aromatic heterocycles. The maximum Gasteiger partial charge on any atom is 0.340 e. The van der Waals surface area contributed by atoms with Gasteiger partial charge in [-0.2, -0.15) is 5.01 Å². The van der Waals surface area contributed by atoms with Crippen molar-refractivity contribution in [2.24, 2.45) is 5.29 Å². The molecule has 0 aliphatic rings. The Labute approximate surface area is 100.0 Å². The van der Waals surface area contributed by atoms with Crippen molar-refractivity contribution in [3.8, 4) is 0 Å². The topological polar surface area (TPSA) is 74.7 Å². The van der Waals surface area contributed by atoms with E-state index in [1.54, 1.807) is 6.20 Å². The molecular formula is C11H16N4O2. The molecule has 0 aliphatic carbocycles. The molecule has 0 atom stereocenters. The van der Waals surface area contributed by atoms with Gasteiger partial charge in [-0.25, -0.2) is 4.79 Å². The highest BCUT2D eigenvalue weighted by Crippen LogP contribution is 1.99. The van der Waals surface area contributed by atoms with Crippen LogP contribution in [0, 0.1) is 4.91 Å². The number of hydrogen-bond acceptors (Lipinski definition) is 4. The molecule has 17 heavy (non-hydrogen) atoms. The van der Waals surface area contributed by atoms with E-state index in [0.717, 1.165) is 10.7 Å². The summed E-state index contributed by atoms with van der Waals surface area (Å²) in [6, 6.07) is 5.00. The summed E-state index contributed by atoms with van der Waals surface area (Å²) in [6.07, 6.45) is 2.17. The Morgan fingerprint density at radius 1 is 1.53 bits per heavy atom. The molecule has 0 bridgehead atoms. The highest BCUT2D eigenvalue weighted by molar-refractivity contribution is 5.73. The van der Waals surface area contributed by atoms with Crippen molar-refractivity contribution in [1.82, 2.24) is 15.3 Å². The molecule has 0 radical (unpaired) electrons. The van der Waals surface area contributed by atoms with Crippen molar-refractivity contribution >= 4 is 6.03 Å². The van der Waals surface area contributed by atoms with Crippen LogP contribution in [0.15, 0.2) is 29.7 Å². The number of carbonyl (C=O) groups is 1. The summed E-state index contributed by atoms with van der Waals surface area (Å²) in [5, 5.41) is 6.17. The Hall–Kier alpha value is -1.98. The van der Waals surface area contributed by atoms with Gasteiger partial charge in [0.15, 0.2) is 0 Å². The highest BCUT2D eigenvalue weighted by Gasteiger charge is 2.14. The third-order valence-corrected chi connectivity index (χ3v) is 2.05. The van der Waals surface area contributed by atoms with E-state index in [4.69, 9.17) is 0 Å². The standard InChI is InChI=1S/C11H16N4O2/c1-9(2)13-11(16)15(14-17)8-6-10-5-3-4-7-12-10/h3-5,7,9H,6,8H2,1-2H3,(H,13,16). The van der Waals surface area contributed by atoms with Crippen LogP contribution in [-0.2, 0) is 6.42 Å². The van der Waals surface area contributed by atoms with Crippen molar-refractivity contribution in [2.75, 3.05) is 6.54 Å². The van der Waals surface area contributed by atoms with Crippen LogP contribution in [0.3, 0.4) is 0 Å². The van der Waals surface area contributed by atoms with E-state index in [1.807, 2.05) is 32.0 Å². The van der Waals surface area contributed by atoms with Crippen LogP contribution in [0.25, 0.3) is 0 Å². The predicted molar refractivity (Wildman–Crippen MR) is 64.1 cm³/mol. The van der Waals surface area contributed by atoms with E-state index in [2.05, 4.69) is 15.6 Å². The van der Waals surface area contributed by atoms with Crippen molar-refractivity contribution < 1.29 is 4.79 Å². The van der Waals surface area contributed by atoms with Crippen LogP contribution in [0.2, 0.25) is 0 Å². The Morgan fingerprint density at radius 2 is 2.29 bits per heavy atom. The largest absolute Gasteiger partial charge is 0.340 e. The SMILES string of the molecule is CC(C)NC(=O)N(CCc1ccccn1)N=O. The fourth-order valence-electron chi connectivity index (χ4n) is 1.27. The fraction of sp³-hybridized carbons (Fsp3) is 0.455. The fourth-order valence-corrected chi connectivity index (χ4v) is 1.27. The van der Waals surface area contributed by atoms with Crippen molar-refractivity contribution in [1.29, 1.82) is 0 Å². The van der Waals surface area contributed by atoms with Crippen molar-refractivity contribution in [3.05, 3.63) is 35.0 Å². The smallest absolute Gasteiger partial charge is 0.334 e. The number of nitrogens with zero attached hydrogens (tertiary/aromatic N) is 3. The number of hydrogen-bond donors (Lipinski definition) is 1. The lowest BCUT2D eigenvalue weighted by Gasteiger charge is -2.15. The van der Waals surface area contributed by atoms with Crippen LogP contribution in [0.1, 0.15) is 19.5 Å². The molecule has 6 nitrogen and oxygen atoms in total. The van der Waals surface area contributed by atoms with Crippen LogP contribution in [0.4, 0.5) is 4.79 Å². The van der Waals surface area contributed by atoms with Crippen LogP contribution < -0.4 is 5.32 Å². The van der Waals surface area contributed by atoms with E-state index in [9.17, 15) is 9.70 Å². The van der Waals surface area contributed by atoms with Crippen molar-refractivity contribution in [2.45, 2.75) is 26.3 Å². The molecule has 0 saturated carbocycles. The summed E-state index contributed by atoms with van der Waals surface area (Å²) in [5.74, 6) is 0. The first-order valence-corrected chi connectivity index (χ1v) is 5.44. The molecule has 1 aromatic rings. The Morgan fingerprint density at radius 3 is 2.82 bits per heavy atom. The number of nitroso groups, excluding NO2 is 1. The first-order valence-electron chi connectivity index (χ1n) is 5.44. The molecule has 1 heterocycles. The Balaban J connectivity index is 2.47. The second-order valence-electron chi connectivity index (χ2n) is 3.88. The first-order chi connectivity index (χ1) is 8.13. The summed E-state index contributed by atoms with van der Waals surface area (Å²) in [7, 11) is 0. The van der Waals surface area contributed by atoms with Gasteiger partial charge < -0.3 is 5.32 Å². The molecule has 0 spiro atoms. The van der Waals surface area contributed by atoms with Crippen LogP contribution in [0.5, 0.6) is 0 Å². The molecule has 2 amide bonds. The molecule has 1 rings (SSSR count). The molecule has 1 N–H and O–H groups in total.